The molecule has 0 saturated carbocycles. The number of nitrogens with zero attached hydrogens (tertiary/aromatic N) is 2. The molecule has 2 aliphatic rings. The molecular weight excluding hydrogens is 344 g/mol. The monoisotopic (exact) mass is 372 g/mol. The summed E-state index contributed by atoms with van der Waals surface area (Å²) in [5.41, 5.74) is 1.55. The third kappa shape index (κ3) is 5.65. The highest BCUT2D eigenvalue weighted by Crippen LogP contribution is 2.20. The van der Waals surface area contributed by atoms with Crippen molar-refractivity contribution in [1.29, 1.82) is 0 Å². The lowest BCUT2D eigenvalue weighted by molar-refractivity contribution is -0.134. The van der Waals surface area contributed by atoms with Crippen LogP contribution in [0.5, 0.6) is 0 Å². The highest BCUT2D eigenvalue weighted by atomic mass is 16.5. The molecular formula is C21H28N2O4. The zero-order valence-corrected chi connectivity index (χ0v) is 15.9. The third-order valence-electron chi connectivity index (χ3n) is 5.22. The number of piperidine rings is 1. The van der Waals surface area contributed by atoms with E-state index in [1.165, 1.54) is 7.11 Å². The first-order chi connectivity index (χ1) is 13.2. The average Bonchev–Trinajstić information content (AvgIpc) is 2.73. The van der Waals surface area contributed by atoms with Crippen molar-refractivity contribution in [3.8, 4) is 0 Å². The summed E-state index contributed by atoms with van der Waals surface area (Å²) in [5.74, 6) is 0.363. The molecule has 2 aliphatic heterocycles. The number of carbonyl (C=O) groups is 2. The van der Waals surface area contributed by atoms with Gasteiger partial charge >= 0.3 is 5.97 Å². The van der Waals surface area contributed by atoms with Gasteiger partial charge in [0.05, 0.1) is 32.4 Å². The number of allylic oxidation sites excluding steroid dienone is 1. The molecule has 0 bridgehead atoms. The third-order valence-corrected chi connectivity index (χ3v) is 5.22. The topological polar surface area (TPSA) is 59.1 Å². The fraction of sp³-hybridized carbons (Fsp3) is 0.524. The Hall–Kier alpha value is -2.18. The van der Waals surface area contributed by atoms with Gasteiger partial charge in [-0.3, -0.25) is 9.69 Å². The Morgan fingerprint density at radius 1 is 1.19 bits per heavy atom. The summed E-state index contributed by atoms with van der Waals surface area (Å²) in [6.07, 6.45) is 6.20. The number of likely N-dealkylation sites (tertiary alicyclic amines) is 1. The molecule has 0 unspecified atom stereocenters. The Balaban J connectivity index is 1.47. The minimum absolute atomic E-state index is 0.227. The van der Waals surface area contributed by atoms with Gasteiger partial charge < -0.3 is 14.4 Å². The van der Waals surface area contributed by atoms with Gasteiger partial charge in [-0.15, -0.1) is 0 Å². The maximum absolute atomic E-state index is 12.5. The largest absolute Gasteiger partial charge is 0.465 e. The lowest BCUT2D eigenvalue weighted by Crippen LogP contribution is -2.46. The molecule has 1 aromatic rings. The first-order valence-corrected chi connectivity index (χ1v) is 9.60. The number of hydrogen-bond acceptors (Lipinski definition) is 5. The van der Waals surface area contributed by atoms with Crippen molar-refractivity contribution in [2.45, 2.75) is 12.8 Å². The number of esters is 1. The molecule has 0 aliphatic carbocycles. The molecule has 3 rings (SSSR count). The zero-order valence-electron chi connectivity index (χ0n) is 15.9. The molecule has 2 fully saturated rings. The summed E-state index contributed by atoms with van der Waals surface area (Å²) < 4.78 is 10.1. The number of hydrogen-bond donors (Lipinski definition) is 0. The second kappa shape index (κ2) is 9.67. The van der Waals surface area contributed by atoms with Crippen LogP contribution in [0.15, 0.2) is 30.3 Å². The summed E-state index contributed by atoms with van der Waals surface area (Å²) in [4.78, 5) is 28.2. The van der Waals surface area contributed by atoms with Crippen LogP contribution in [0.4, 0.5) is 0 Å². The Labute approximate surface area is 160 Å². The molecule has 0 N–H and O–H groups in total. The van der Waals surface area contributed by atoms with E-state index < -0.39 is 0 Å². The second-order valence-corrected chi connectivity index (χ2v) is 7.08. The maximum atomic E-state index is 12.5. The van der Waals surface area contributed by atoms with Gasteiger partial charge in [0.15, 0.2) is 0 Å². The van der Waals surface area contributed by atoms with E-state index in [1.807, 2.05) is 23.1 Å². The molecule has 2 saturated heterocycles. The molecule has 6 nitrogen and oxygen atoms in total. The first kappa shape index (κ1) is 19.6. The average molecular weight is 372 g/mol. The second-order valence-electron chi connectivity index (χ2n) is 7.08. The molecule has 2 heterocycles. The lowest BCUT2D eigenvalue weighted by Gasteiger charge is -2.33. The molecule has 146 valence electrons. The Bertz CT molecular complexity index is 675. The zero-order chi connectivity index (χ0) is 19.1. The maximum Gasteiger partial charge on any atom is 0.337 e. The van der Waals surface area contributed by atoms with Gasteiger partial charge in [0.2, 0.25) is 5.91 Å². The van der Waals surface area contributed by atoms with Gasteiger partial charge in [0, 0.05) is 26.2 Å². The quantitative estimate of drug-likeness (QED) is 0.741. The predicted molar refractivity (Wildman–Crippen MR) is 103 cm³/mol. The van der Waals surface area contributed by atoms with E-state index in [2.05, 4.69) is 17.1 Å². The van der Waals surface area contributed by atoms with Gasteiger partial charge in [-0.05, 0) is 36.5 Å². The van der Waals surface area contributed by atoms with Crippen LogP contribution in [0, 0.1) is 5.92 Å². The van der Waals surface area contributed by atoms with E-state index in [-0.39, 0.29) is 11.9 Å². The van der Waals surface area contributed by atoms with Crippen molar-refractivity contribution in [2.24, 2.45) is 5.92 Å². The molecule has 1 aromatic carbocycles. The number of ether oxygens (including phenoxy) is 2. The highest BCUT2D eigenvalue weighted by molar-refractivity contribution is 5.90. The summed E-state index contributed by atoms with van der Waals surface area (Å²) in [5, 5.41) is 0. The van der Waals surface area contributed by atoms with Gasteiger partial charge in [0.1, 0.15) is 0 Å². The van der Waals surface area contributed by atoms with E-state index in [4.69, 9.17) is 9.47 Å². The number of morpholine rings is 1. The molecule has 1 amide bonds. The van der Waals surface area contributed by atoms with Gasteiger partial charge in [-0.1, -0.05) is 24.3 Å². The van der Waals surface area contributed by atoms with Crippen molar-refractivity contribution in [3.63, 3.8) is 0 Å². The van der Waals surface area contributed by atoms with Gasteiger partial charge in [-0.2, -0.15) is 0 Å². The SMILES string of the molecule is COC(=O)c1cccc(/C=C/C2CCN(C(=O)CN3CCOCC3)CC2)c1. The molecule has 0 atom stereocenters. The molecule has 6 heteroatoms. The number of amides is 1. The van der Waals surface area contributed by atoms with E-state index in [0.29, 0.717) is 18.0 Å². The van der Waals surface area contributed by atoms with E-state index in [0.717, 1.165) is 57.8 Å². The fourth-order valence-corrected chi connectivity index (χ4v) is 3.53. The molecule has 0 spiro atoms. The minimum atomic E-state index is -0.322. The smallest absolute Gasteiger partial charge is 0.337 e. The minimum Gasteiger partial charge on any atom is -0.465 e. The van der Waals surface area contributed by atoms with Crippen LogP contribution >= 0.6 is 0 Å². The normalized spacial score (nSPS) is 19.4. The van der Waals surface area contributed by atoms with Crippen LogP contribution in [-0.2, 0) is 14.3 Å². The van der Waals surface area contributed by atoms with Crippen LogP contribution < -0.4 is 0 Å². The van der Waals surface area contributed by atoms with Crippen LogP contribution in [0.2, 0.25) is 0 Å². The van der Waals surface area contributed by atoms with Gasteiger partial charge in [0.25, 0.3) is 0 Å². The van der Waals surface area contributed by atoms with E-state index in [1.54, 1.807) is 6.07 Å². The molecule has 0 radical (unpaired) electrons. The van der Waals surface area contributed by atoms with Crippen LogP contribution in [0.3, 0.4) is 0 Å². The molecule has 0 aromatic heterocycles. The first-order valence-electron chi connectivity index (χ1n) is 9.60. The number of carbonyl (C=O) groups excluding carboxylic acids is 2. The van der Waals surface area contributed by atoms with Crippen molar-refractivity contribution in [3.05, 3.63) is 41.5 Å². The van der Waals surface area contributed by atoms with Crippen LogP contribution in [0.1, 0.15) is 28.8 Å². The van der Waals surface area contributed by atoms with E-state index >= 15 is 0 Å². The summed E-state index contributed by atoms with van der Waals surface area (Å²) in [7, 11) is 1.39. The standard InChI is InChI=1S/C21H28N2O4/c1-26-21(25)19-4-2-3-18(15-19)6-5-17-7-9-23(10-8-17)20(24)16-22-11-13-27-14-12-22/h2-6,15,17H,7-14,16H2,1H3/b6-5+. The lowest BCUT2D eigenvalue weighted by atomic mass is 9.95. The van der Waals surface area contributed by atoms with Crippen LogP contribution in [0.25, 0.3) is 6.08 Å². The van der Waals surface area contributed by atoms with Crippen molar-refractivity contribution in [2.75, 3.05) is 53.0 Å². The summed E-state index contributed by atoms with van der Waals surface area (Å²) in [6, 6.07) is 7.42. The van der Waals surface area contributed by atoms with E-state index in [9.17, 15) is 9.59 Å². The van der Waals surface area contributed by atoms with Crippen molar-refractivity contribution >= 4 is 18.0 Å². The number of rotatable bonds is 5. The summed E-state index contributed by atoms with van der Waals surface area (Å²) >= 11 is 0. The summed E-state index contributed by atoms with van der Waals surface area (Å²) in [6.45, 7) is 5.24. The fourth-order valence-electron chi connectivity index (χ4n) is 3.53. The Morgan fingerprint density at radius 3 is 2.63 bits per heavy atom. The molecule has 27 heavy (non-hydrogen) atoms. The Kier molecular flexibility index (Phi) is 7.01. The van der Waals surface area contributed by atoms with Gasteiger partial charge in [-0.25, -0.2) is 4.79 Å². The van der Waals surface area contributed by atoms with Crippen molar-refractivity contribution < 1.29 is 19.1 Å². The highest BCUT2D eigenvalue weighted by Gasteiger charge is 2.23. The van der Waals surface area contributed by atoms with Crippen LogP contribution in [-0.4, -0.2) is 74.7 Å². The predicted octanol–water partition coefficient (Wildman–Crippen LogP) is 2.06. The van der Waals surface area contributed by atoms with Crippen molar-refractivity contribution in [1.82, 2.24) is 9.80 Å². The number of methoxy groups -OCH3 is 1. The Morgan fingerprint density at radius 2 is 1.93 bits per heavy atom. The number of benzene rings is 1.